The van der Waals surface area contributed by atoms with Crippen molar-refractivity contribution in [2.75, 3.05) is 0 Å². The van der Waals surface area contributed by atoms with Gasteiger partial charge in [-0.25, -0.2) is 4.79 Å². The van der Waals surface area contributed by atoms with Crippen molar-refractivity contribution >= 4 is 16.9 Å². The number of fused-ring (bicyclic) bond motifs is 1. The Morgan fingerprint density at radius 1 is 1.29 bits per heavy atom. The fourth-order valence-electron chi connectivity index (χ4n) is 2.93. The van der Waals surface area contributed by atoms with Gasteiger partial charge in [-0.05, 0) is 25.0 Å². The van der Waals surface area contributed by atoms with E-state index >= 15 is 0 Å². The summed E-state index contributed by atoms with van der Waals surface area (Å²) in [6.07, 6.45) is 3.24. The lowest BCUT2D eigenvalue weighted by Gasteiger charge is -2.16. The molecular formula is C18H21N3O3. The van der Waals surface area contributed by atoms with Crippen LogP contribution >= 0.6 is 0 Å². The largest absolute Gasteiger partial charge is 0.480 e. The molecule has 0 bridgehead atoms. The molecule has 0 saturated heterocycles. The smallest absolute Gasteiger partial charge is 0.326 e. The Balaban J connectivity index is 2.13. The predicted octanol–water partition coefficient (Wildman–Crippen LogP) is 4.07. The summed E-state index contributed by atoms with van der Waals surface area (Å²) < 4.78 is 7.57. The van der Waals surface area contributed by atoms with E-state index in [0.29, 0.717) is 23.9 Å². The maximum absolute atomic E-state index is 11.7. The second-order valence-electron chi connectivity index (χ2n) is 5.83. The lowest BCUT2D eigenvalue weighted by Crippen LogP contribution is -2.18. The highest BCUT2D eigenvalue weighted by Gasteiger charge is 2.25. The molecule has 1 N–H and O–H groups in total. The molecule has 0 saturated carbocycles. The number of rotatable bonds is 7. The van der Waals surface area contributed by atoms with Crippen LogP contribution in [0.1, 0.15) is 45.0 Å². The highest BCUT2D eigenvalue weighted by atomic mass is 16.4. The molecule has 1 aromatic carbocycles. The molecule has 126 valence electrons. The maximum Gasteiger partial charge on any atom is 0.326 e. The molecule has 2 aromatic heterocycles. The molecule has 2 heterocycles. The van der Waals surface area contributed by atoms with Gasteiger partial charge in [-0.3, -0.25) is 0 Å². The number of carboxylic acids is 1. The van der Waals surface area contributed by atoms with Gasteiger partial charge in [-0.2, -0.15) is 0 Å². The SMILES string of the molecule is CCCCc1nnc(-c2cc3ccccc3n2C(CC)C(=O)O)o1. The molecule has 0 aliphatic heterocycles. The number of para-hydroxylation sites is 1. The third kappa shape index (κ3) is 2.91. The normalized spacial score (nSPS) is 12.6. The van der Waals surface area contributed by atoms with Gasteiger partial charge in [0.1, 0.15) is 11.7 Å². The van der Waals surface area contributed by atoms with Crippen molar-refractivity contribution in [3.8, 4) is 11.6 Å². The number of unbranched alkanes of at least 4 members (excludes halogenated alkanes) is 1. The summed E-state index contributed by atoms with van der Waals surface area (Å²) in [6.45, 7) is 3.96. The van der Waals surface area contributed by atoms with Crippen LogP contribution in [0.25, 0.3) is 22.5 Å². The summed E-state index contributed by atoms with van der Waals surface area (Å²) in [5.41, 5.74) is 1.51. The van der Waals surface area contributed by atoms with Crippen LogP contribution in [0.2, 0.25) is 0 Å². The number of hydrogen-bond donors (Lipinski definition) is 1. The molecule has 6 nitrogen and oxygen atoms in total. The zero-order chi connectivity index (χ0) is 17.1. The summed E-state index contributed by atoms with van der Waals surface area (Å²) >= 11 is 0. The van der Waals surface area contributed by atoms with Gasteiger partial charge in [-0.1, -0.05) is 38.5 Å². The Hall–Kier alpha value is -2.63. The highest BCUT2D eigenvalue weighted by molar-refractivity contribution is 5.88. The van der Waals surface area contributed by atoms with Crippen molar-refractivity contribution < 1.29 is 14.3 Å². The van der Waals surface area contributed by atoms with Crippen LogP contribution in [0.15, 0.2) is 34.7 Å². The molecule has 0 aliphatic carbocycles. The van der Waals surface area contributed by atoms with Crippen LogP contribution in [0.5, 0.6) is 0 Å². The number of carbonyl (C=O) groups is 1. The van der Waals surface area contributed by atoms with E-state index in [1.165, 1.54) is 0 Å². The zero-order valence-electron chi connectivity index (χ0n) is 13.9. The van der Waals surface area contributed by atoms with Gasteiger partial charge in [0.25, 0.3) is 5.89 Å². The molecule has 0 radical (unpaired) electrons. The Morgan fingerprint density at radius 3 is 2.79 bits per heavy atom. The minimum absolute atomic E-state index is 0.372. The Bertz CT molecular complexity index is 850. The first-order valence-electron chi connectivity index (χ1n) is 8.31. The molecule has 24 heavy (non-hydrogen) atoms. The Kier molecular flexibility index (Phi) is 4.64. The number of hydrogen-bond acceptors (Lipinski definition) is 4. The van der Waals surface area contributed by atoms with Crippen LogP contribution in [-0.2, 0) is 11.2 Å². The maximum atomic E-state index is 11.7. The number of benzene rings is 1. The molecule has 3 rings (SSSR count). The molecule has 1 unspecified atom stereocenters. The topological polar surface area (TPSA) is 81.2 Å². The van der Waals surface area contributed by atoms with Crippen LogP contribution in [0, 0.1) is 0 Å². The van der Waals surface area contributed by atoms with Gasteiger partial charge in [0, 0.05) is 17.3 Å². The molecule has 3 aromatic rings. The van der Waals surface area contributed by atoms with Gasteiger partial charge in [-0.15, -0.1) is 10.2 Å². The lowest BCUT2D eigenvalue weighted by atomic mass is 10.2. The van der Waals surface area contributed by atoms with Gasteiger partial charge >= 0.3 is 5.97 Å². The van der Waals surface area contributed by atoms with Crippen molar-refractivity contribution in [1.29, 1.82) is 0 Å². The van der Waals surface area contributed by atoms with E-state index in [-0.39, 0.29) is 0 Å². The standard InChI is InChI=1S/C18H21N3O3/c1-3-5-10-16-19-20-17(24-16)15-11-12-8-6-7-9-14(12)21(15)13(4-2)18(22)23/h6-9,11,13H,3-5,10H2,1-2H3,(H,22,23). The number of carboxylic acid groups (broad SMARTS) is 1. The monoisotopic (exact) mass is 327 g/mol. The van der Waals surface area contributed by atoms with Gasteiger partial charge in [0.15, 0.2) is 0 Å². The first kappa shape index (κ1) is 16.2. The summed E-state index contributed by atoms with van der Waals surface area (Å²) in [5.74, 6) is 0.0925. The van der Waals surface area contributed by atoms with Gasteiger partial charge in [0.05, 0.1) is 0 Å². The van der Waals surface area contributed by atoms with Crippen LogP contribution in [0.4, 0.5) is 0 Å². The molecule has 6 heteroatoms. The molecule has 0 fully saturated rings. The Morgan fingerprint density at radius 2 is 2.08 bits per heavy atom. The molecule has 0 aliphatic rings. The van der Waals surface area contributed by atoms with Crippen LogP contribution in [-0.4, -0.2) is 25.8 Å². The molecular weight excluding hydrogens is 306 g/mol. The highest BCUT2D eigenvalue weighted by Crippen LogP contribution is 2.32. The van der Waals surface area contributed by atoms with E-state index < -0.39 is 12.0 Å². The summed E-state index contributed by atoms with van der Waals surface area (Å²) in [7, 11) is 0. The van der Waals surface area contributed by atoms with Crippen LogP contribution in [0.3, 0.4) is 0 Å². The summed E-state index contributed by atoms with van der Waals surface area (Å²) in [4.78, 5) is 11.7. The number of aryl methyl sites for hydroxylation is 1. The van der Waals surface area contributed by atoms with Crippen molar-refractivity contribution in [2.45, 2.75) is 45.6 Å². The van der Waals surface area contributed by atoms with Gasteiger partial charge < -0.3 is 14.1 Å². The van der Waals surface area contributed by atoms with E-state index in [0.717, 1.165) is 30.2 Å². The predicted molar refractivity (Wildman–Crippen MR) is 90.8 cm³/mol. The lowest BCUT2D eigenvalue weighted by molar-refractivity contribution is -0.140. The quantitative estimate of drug-likeness (QED) is 0.707. The van der Waals surface area contributed by atoms with E-state index in [1.54, 1.807) is 4.57 Å². The zero-order valence-corrected chi connectivity index (χ0v) is 13.9. The first-order valence-corrected chi connectivity index (χ1v) is 8.31. The van der Waals surface area contributed by atoms with Crippen LogP contribution < -0.4 is 0 Å². The number of aliphatic carboxylic acids is 1. The molecule has 1 atom stereocenters. The van der Waals surface area contributed by atoms with Crippen molar-refractivity contribution in [3.05, 3.63) is 36.2 Å². The van der Waals surface area contributed by atoms with Crippen molar-refractivity contribution in [1.82, 2.24) is 14.8 Å². The van der Waals surface area contributed by atoms with E-state index in [1.807, 2.05) is 37.3 Å². The minimum Gasteiger partial charge on any atom is -0.480 e. The van der Waals surface area contributed by atoms with E-state index in [2.05, 4.69) is 17.1 Å². The average molecular weight is 327 g/mol. The fraction of sp³-hybridized carbons (Fsp3) is 0.389. The van der Waals surface area contributed by atoms with Crippen molar-refractivity contribution in [3.63, 3.8) is 0 Å². The third-order valence-corrected chi connectivity index (χ3v) is 4.16. The minimum atomic E-state index is -0.870. The van der Waals surface area contributed by atoms with E-state index in [4.69, 9.17) is 4.42 Å². The summed E-state index contributed by atoms with van der Waals surface area (Å²) in [5, 5.41) is 18.8. The summed E-state index contributed by atoms with van der Waals surface area (Å²) in [6, 6.07) is 8.94. The number of nitrogens with zero attached hydrogens (tertiary/aromatic N) is 3. The molecule has 0 spiro atoms. The first-order chi connectivity index (χ1) is 11.7. The molecule has 0 amide bonds. The number of aromatic nitrogens is 3. The second-order valence-corrected chi connectivity index (χ2v) is 5.83. The Labute approximate surface area is 140 Å². The third-order valence-electron chi connectivity index (χ3n) is 4.16. The van der Waals surface area contributed by atoms with E-state index in [9.17, 15) is 9.90 Å². The van der Waals surface area contributed by atoms with Gasteiger partial charge in [0.2, 0.25) is 5.89 Å². The second kappa shape index (κ2) is 6.86. The fourth-order valence-corrected chi connectivity index (χ4v) is 2.93. The average Bonchev–Trinajstić information content (AvgIpc) is 3.18. The van der Waals surface area contributed by atoms with Crippen molar-refractivity contribution in [2.24, 2.45) is 0 Å².